The van der Waals surface area contributed by atoms with Crippen LogP contribution in [-0.4, -0.2) is 13.6 Å². The molecule has 1 rings (SSSR count). The molecule has 0 saturated heterocycles. The van der Waals surface area contributed by atoms with Crippen molar-refractivity contribution < 1.29 is 4.39 Å². The van der Waals surface area contributed by atoms with E-state index in [1.807, 2.05) is 7.05 Å². The monoisotopic (exact) mass is 257 g/mol. The molecule has 0 fully saturated rings. The van der Waals surface area contributed by atoms with Crippen molar-refractivity contribution in [1.82, 2.24) is 5.32 Å². The Hall–Kier alpha value is -0.600. The quantitative estimate of drug-likeness (QED) is 0.811. The molecule has 0 aliphatic carbocycles. The van der Waals surface area contributed by atoms with Crippen LogP contribution >= 0.6 is 11.6 Å². The fraction of sp³-hybridized carbons (Fsp3) is 0.571. The van der Waals surface area contributed by atoms with Crippen molar-refractivity contribution in [2.75, 3.05) is 13.6 Å². The molecule has 1 N–H and O–H groups in total. The highest BCUT2D eigenvalue weighted by Crippen LogP contribution is 2.31. The molecule has 1 nitrogen and oxygen atoms in total. The molecule has 0 aromatic heterocycles. The molecule has 0 atom stereocenters. The SMILES string of the molecule is CCC(CC)(CNC)Cc1ccc(Cl)cc1F. The minimum Gasteiger partial charge on any atom is -0.319 e. The number of nitrogens with one attached hydrogen (secondary N) is 1. The van der Waals surface area contributed by atoms with Crippen LogP contribution in [0, 0.1) is 11.2 Å². The first-order valence-corrected chi connectivity index (χ1v) is 6.53. The van der Waals surface area contributed by atoms with E-state index in [-0.39, 0.29) is 11.2 Å². The molecule has 0 radical (unpaired) electrons. The maximum Gasteiger partial charge on any atom is 0.127 e. The molecule has 0 aliphatic heterocycles. The third kappa shape index (κ3) is 3.68. The molecular weight excluding hydrogens is 237 g/mol. The lowest BCUT2D eigenvalue weighted by Gasteiger charge is -2.32. The highest BCUT2D eigenvalue weighted by molar-refractivity contribution is 6.30. The van der Waals surface area contributed by atoms with E-state index in [0.29, 0.717) is 5.02 Å². The molecule has 0 unspecified atom stereocenters. The van der Waals surface area contributed by atoms with Crippen LogP contribution in [0.5, 0.6) is 0 Å². The zero-order chi connectivity index (χ0) is 12.9. The van der Waals surface area contributed by atoms with Gasteiger partial charge in [-0.3, -0.25) is 0 Å². The van der Waals surface area contributed by atoms with Gasteiger partial charge < -0.3 is 5.32 Å². The second-order valence-electron chi connectivity index (χ2n) is 4.65. The van der Waals surface area contributed by atoms with Crippen molar-refractivity contribution in [1.29, 1.82) is 0 Å². The van der Waals surface area contributed by atoms with Gasteiger partial charge in [-0.05, 0) is 49.4 Å². The highest BCUT2D eigenvalue weighted by atomic mass is 35.5. The molecule has 96 valence electrons. The zero-order valence-corrected chi connectivity index (χ0v) is 11.6. The number of rotatable bonds is 6. The van der Waals surface area contributed by atoms with Gasteiger partial charge in [0.1, 0.15) is 5.82 Å². The van der Waals surface area contributed by atoms with Gasteiger partial charge in [-0.25, -0.2) is 4.39 Å². The first kappa shape index (κ1) is 14.5. The predicted octanol–water partition coefficient (Wildman–Crippen LogP) is 4.05. The second-order valence-corrected chi connectivity index (χ2v) is 5.09. The van der Waals surface area contributed by atoms with Crippen molar-refractivity contribution >= 4 is 11.6 Å². The minimum absolute atomic E-state index is 0.128. The van der Waals surface area contributed by atoms with Crippen LogP contribution in [0.1, 0.15) is 32.3 Å². The van der Waals surface area contributed by atoms with Gasteiger partial charge in [0.25, 0.3) is 0 Å². The Morgan fingerprint density at radius 3 is 2.41 bits per heavy atom. The Labute approximate surface area is 108 Å². The van der Waals surface area contributed by atoms with Crippen LogP contribution in [0.15, 0.2) is 18.2 Å². The average molecular weight is 258 g/mol. The predicted molar refractivity (Wildman–Crippen MR) is 72.1 cm³/mol. The van der Waals surface area contributed by atoms with Crippen LogP contribution < -0.4 is 5.32 Å². The fourth-order valence-corrected chi connectivity index (χ4v) is 2.42. The van der Waals surface area contributed by atoms with Gasteiger partial charge in [0.05, 0.1) is 0 Å². The lowest BCUT2D eigenvalue weighted by molar-refractivity contribution is 0.250. The minimum atomic E-state index is -0.195. The summed E-state index contributed by atoms with van der Waals surface area (Å²) in [4.78, 5) is 0. The van der Waals surface area contributed by atoms with Gasteiger partial charge >= 0.3 is 0 Å². The number of hydrogen-bond acceptors (Lipinski definition) is 1. The first-order chi connectivity index (χ1) is 8.06. The van der Waals surface area contributed by atoms with Gasteiger partial charge in [-0.1, -0.05) is 31.5 Å². The Bertz CT molecular complexity index is 361. The molecule has 0 spiro atoms. The summed E-state index contributed by atoms with van der Waals surface area (Å²) in [5, 5.41) is 3.67. The molecular formula is C14H21ClFN. The van der Waals surface area contributed by atoms with Gasteiger partial charge in [0.15, 0.2) is 0 Å². The van der Waals surface area contributed by atoms with Crippen LogP contribution in [0.2, 0.25) is 5.02 Å². The summed E-state index contributed by atoms with van der Waals surface area (Å²) in [6.45, 7) is 5.23. The summed E-state index contributed by atoms with van der Waals surface area (Å²) in [6.07, 6.45) is 2.82. The van der Waals surface area contributed by atoms with E-state index in [2.05, 4.69) is 19.2 Å². The van der Waals surface area contributed by atoms with Gasteiger partial charge in [0, 0.05) is 11.6 Å². The maximum atomic E-state index is 13.8. The third-order valence-corrected chi connectivity index (χ3v) is 3.87. The summed E-state index contributed by atoms with van der Waals surface area (Å²) < 4.78 is 13.8. The molecule has 0 amide bonds. The highest BCUT2D eigenvalue weighted by Gasteiger charge is 2.26. The van der Waals surface area contributed by atoms with Crippen molar-refractivity contribution in [3.8, 4) is 0 Å². The Balaban J connectivity index is 2.92. The van der Waals surface area contributed by atoms with Gasteiger partial charge in [-0.2, -0.15) is 0 Å². The maximum absolute atomic E-state index is 13.8. The summed E-state index contributed by atoms with van der Waals surface area (Å²) in [5.74, 6) is -0.195. The number of benzene rings is 1. The standard InChI is InChI=1S/C14H21ClFN/c1-4-14(5-2,10-17-3)9-11-6-7-12(15)8-13(11)16/h6-8,17H,4-5,9-10H2,1-3H3. The summed E-state index contributed by atoms with van der Waals surface area (Å²) in [6, 6.07) is 4.95. The lowest BCUT2D eigenvalue weighted by Crippen LogP contribution is -2.33. The molecule has 3 heteroatoms. The molecule has 0 heterocycles. The summed E-state index contributed by atoms with van der Waals surface area (Å²) >= 11 is 5.76. The van der Waals surface area contributed by atoms with E-state index in [1.165, 1.54) is 6.07 Å². The Morgan fingerprint density at radius 2 is 1.94 bits per heavy atom. The Kier molecular flexibility index (Phi) is 5.41. The van der Waals surface area contributed by atoms with E-state index in [0.717, 1.165) is 31.4 Å². The first-order valence-electron chi connectivity index (χ1n) is 6.15. The number of halogens is 2. The zero-order valence-electron chi connectivity index (χ0n) is 10.8. The van der Waals surface area contributed by atoms with E-state index in [1.54, 1.807) is 12.1 Å². The molecule has 0 aliphatic rings. The summed E-state index contributed by atoms with van der Waals surface area (Å²) in [5.41, 5.74) is 0.886. The van der Waals surface area contributed by atoms with E-state index in [4.69, 9.17) is 11.6 Å². The van der Waals surface area contributed by atoms with E-state index < -0.39 is 0 Å². The van der Waals surface area contributed by atoms with E-state index >= 15 is 0 Å². The number of hydrogen-bond donors (Lipinski definition) is 1. The largest absolute Gasteiger partial charge is 0.319 e. The van der Waals surface area contributed by atoms with Gasteiger partial charge in [-0.15, -0.1) is 0 Å². The smallest absolute Gasteiger partial charge is 0.127 e. The van der Waals surface area contributed by atoms with E-state index in [9.17, 15) is 4.39 Å². The van der Waals surface area contributed by atoms with Crippen LogP contribution in [-0.2, 0) is 6.42 Å². The fourth-order valence-electron chi connectivity index (χ4n) is 2.26. The molecule has 0 saturated carbocycles. The topological polar surface area (TPSA) is 12.0 Å². The lowest BCUT2D eigenvalue weighted by atomic mass is 9.77. The normalized spacial score (nSPS) is 11.8. The molecule has 1 aromatic rings. The Morgan fingerprint density at radius 1 is 1.29 bits per heavy atom. The van der Waals surface area contributed by atoms with Crippen molar-refractivity contribution in [2.45, 2.75) is 33.1 Å². The van der Waals surface area contributed by atoms with Crippen molar-refractivity contribution in [3.05, 3.63) is 34.6 Å². The summed E-state index contributed by atoms with van der Waals surface area (Å²) in [7, 11) is 1.94. The van der Waals surface area contributed by atoms with Crippen LogP contribution in [0.3, 0.4) is 0 Å². The van der Waals surface area contributed by atoms with Crippen molar-refractivity contribution in [2.24, 2.45) is 5.41 Å². The van der Waals surface area contributed by atoms with Crippen LogP contribution in [0.4, 0.5) is 4.39 Å². The molecule has 1 aromatic carbocycles. The molecule has 17 heavy (non-hydrogen) atoms. The molecule has 0 bridgehead atoms. The van der Waals surface area contributed by atoms with Gasteiger partial charge in [0.2, 0.25) is 0 Å². The average Bonchev–Trinajstić information content (AvgIpc) is 2.32. The third-order valence-electron chi connectivity index (χ3n) is 3.63. The van der Waals surface area contributed by atoms with Crippen LogP contribution in [0.25, 0.3) is 0 Å². The van der Waals surface area contributed by atoms with Crippen molar-refractivity contribution in [3.63, 3.8) is 0 Å². The second kappa shape index (κ2) is 6.36.